The van der Waals surface area contributed by atoms with Crippen LogP contribution in [-0.2, 0) is 9.53 Å². The molecule has 0 aliphatic rings. The molecule has 0 spiro atoms. The van der Waals surface area contributed by atoms with Crippen LogP contribution in [0.5, 0.6) is 0 Å². The molecule has 0 unspecified atom stereocenters. The van der Waals surface area contributed by atoms with Gasteiger partial charge in [0, 0.05) is 31.3 Å². The van der Waals surface area contributed by atoms with Crippen LogP contribution in [-0.4, -0.2) is 49.3 Å². The summed E-state index contributed by atoms with van der Waals surface area (Å²) in [5, 5.41) is 12.0. The number of benzene rings is 1. The second-order valence-electron chi connectivity index (χ2n) is 4.16. The first-order valence-electron chi connectivity index (χ1n) is 5.95. The third-order valence-electron chi connectivity index (χ3n) is 2.71. The van der Waals surface area contributed by atoms with Gasteiger partial charge in [-0.1, -0.05) is 29.8 Å². The van der Waals surface area contributed by atoms with Gasteiger partial charge in [0.25, 0.3) is 0 Å². The molecule has 7 heteroatoms. The molecule has 0 aliphatic heterocycles. The van der Waals surface area contributed by atoms with Crippen molar-refractivity contribution in [3.63, 3.8) is 0 Å². The van der Waals surface area contributed by atoms with Crippen molar-refractivity contribution in [2.24, 2.45) is 0 Å². The van der Waals surface area contributed by atoms with E-state index in [4.69, 9.17) is 16.3 Å². The van der Waals surface area contributed by atoms with Crippen molar-refractivity contribution >= 4 is 23.6 Å². The summed E-state index contributed by atoms with van der Waals surface area (Å²) in [6.45, 7) is 0.727. The lowest BCUT2D eigenvalue weighted by atomic mass is 10.1. The summed E-state index contributed by atoms with van der Waals surface area (Å²) in [6, 6.07) is 4.80. The van der Waals surface area contributed by atoms with Gasteiger partial charge in [0.1, 0.15) is 0 Å². The van der Waals surface area contributed by atoms with Crippen molar-refractivity contribution in [3.8, 4) is 0 Å². The molecule has 1 atom stereocenters. The smallest absolute Gasteiger partial charge is 0.331 e. The number of methoxy groups -OCH3 is 1. The zero-order valence-electron chi connectivity index (χ0n) is 11.3. The first-order chi connectivity index (χ1) is 9.47. The number of halogens is 1. The number of carbonyl (C=O) groups excluding carboxylic acids is 1. The summed E-state index contributed by atoms with van der Waals surface area (Å²) in [7, 11) is 3.08. The van der Waals surface area contributed by atoms with E-state index in [0.29, 0.717) is 23.7 Å². The van der Waals surface area contributed by atoms with Crippen molar-refractivity contribution in [1.29, 1.82) is 0 Å². The maximum absolute atomic E-state index is 11.9. The van der Waals surface area contributed by atoms with Crippen LogP contribution in [0, 0.1) is 0 Å². The first-order valence-corrected chi connectivity index (χ1v) is 6.33. The Morgan fingerprint density at radius 2 is 2.10 bits per heavy atom. The highest BCUT2D eigenvalue weighted by atomic mass is 35.5. The molecule has 0 bridgehead atoms. The van der Waals surface area contributed by atoms with E-state index < -0.39 is 18.0 Å². The van der Waals surface area contributed by atoms with E-state index in [1.165, 1.54) is 12.0 Å². The van der Waals surface area contributed by atoms with Gasteiger partial charge in [-0.3, -0.25) is 0 Å². The summed E-state index contributed by atoms with van der Waals surface area (Å²) in [6.07, 6.45) is 0. The van der Waals surface area contributed by atoms with Gasteiger partial charge in [-0.2, -0.15) is 0 Å². The molecule has 1 aromatic rings. The number of nitrogens with zero attached hydrogens (tertiary/aromatic N) is 1. The fourth-order valence-corrected chi connectivity index (χ4v) is 1.79. The Balaban J connectivity index is 2.81. The molecule has 0 heterocycles. The lowest BCUT2D eigenvalue weighted by molar-refractivity contribution is -0.139. The fourth-order valence-electron chi connectivity index (χ4n) is 1.55. The number of aliphatic carboxylic acids is 1. The van der Waals surface area contributed by atoms with Gasteiger partial charge in [0.15, 0.2) is 6.04 Å². The second-order valence-corrected chi connectivity index (χ2v) is 4.56. The molecule has 0 aliphatic carbocycles. The number of hydrogen-bond acceptors (Lipinski definition) is 3. The van der Waals surface area contributed by atoms with Gasteiger partial charge < -0.3 is 20.1 Å². The molecular formula is C13H17ClN2O4. The van der Waals surface area contributed by atoms with Crippen LogP contribution in [0.15, 0.2) is 24.3 Å². The standard InChI is InChI=1S/C13H17ClN2O4/c1-16(7-8-20-2)13(19)15-11(12(17)18)9-5-3-4-6-10(9)14/h3-6,11H,7-8H2,1-2H3,(H,15,19)(H,17,18)/t11-/m1/s1. The lowest BCUT2D eigenvalue weighted by Crippen LogP contribution is -2.43. The molecule has 0 saturated carbocycles. The lowest BCUT2D eigenvalue weighted by Gasteiger charge is -2.21. The van der Waals surface area contributed by atoms with Crippen LogP contribution in [0.3, 0.4) is 0 Å². The number of rotatable bonds is 6. The van der Waals surface area contributed by atoms with E-state index in [2.05, 4.69) is 5.32 Å². The Morgan fingerprint density at radius 1 is 1.45 bits per heavy atom. The molecule has 6 nitrogen and oxygen atoms in total. The summed E-state index contributed by atoms with van der Waals surface area (Å²) < 4.78 is 4.86. The van der Waals surface area contributed by atoms with Crippen molar-refractivity contribution in [3.05, 3.63) is 34.9 Å². The topological polar surface area (TPSA) is 78.9 Å². The number of hydrogen-bond donors (Lipinski definition) is 2. The average molecular weight is 301 g/mol. The first kappa shape index (κ1) is 16.3. The Bertz CT molecular complexity index is 481. The van der Waals surface area contributed by atoms with Crippen LogP contribution in [0.4, 0.5) is 4.79 Å². The van der Waals surface area contributed by atoms with E-state index >= 15 is 0 Å². The van der Waals surface area contributed by atoms with E-state index in [1.807, 2.05) is 0 Å². The number of likely N-dealkylation sites (N-methyl/N-ethyl adjacent to an activating group) is 1. The molecule has 2 N–H and O–H groups in total. The van der Waals surface area contributed by atoms with Crippen LogP contribution in [0.2, 0.25) is 5.02 Å². The Labute approximate surface area is 122 Å². The highest BCUT2D eigenvalue weighted by Crippen LogP contribution is 2.23. The van der Waals surface area contributed by atoms with Crippen molar-refractivity contribution in [2.45, 2.75) is 6.04 Å². The molecule has 0 fully saturated rings. The zero-order valence-corrected chi connectivity index (χ0v) is 12.1. The van der Waals surface area contributed by atoms with Gasteiger partial charge in [-0.25, -0.2) is 9.59 Å². The minimum atomic E-state index is -1.19. The van der Waals surface area contributed by atoms with Gasteiger partial charge in [-0.05, 0) is 6.07 Å². The predicted octanol–water partition coefficient (Wildman–Crippen LogP) is 1.75. The molecule has 1 rings (SSSR count). The number of carboxylic acid groups (broad SMARTS) is 1. The molecule has 0 saturated heterocycles. The Hall–Kier alpha value is -1.79. The van der Waals surface area contributed by atoms with E-state index in [1.54, 1.807) is 31.3 Å². The number of carboxylic acids is 1. The minimum Gasteiger partial charge on any atom is -0.479 e. The van der Waals surface area contributed by atoms with E-state index in [0.717, 1.165) is 0 Å². The van der Waals surface area contributed by atoms with Gasteiger partial charge >= 0.3 is 12.0 Å². The van der Waals surface area contributed by atoms with Crippen LogP contribution in [0.1, 0.15) is 11.6 Å². The summed E-state index contributed by atoms with van der Waals surface area (Å²) in [5.41, 5.74) is 0.343. The molecule has 20 heavy (non-hydrogen) atoms. The number of carbonyl (C=O) groups is 2. The summed E-state index contributed by atoms with van der Waals surface area (Å²) >= 11 is 5.96. The Kier molecular flexibility index (Phi) is 6.27. The third-order valence-corrected chi connectivity index (χ3v) is 3.05. The van der Waals surface area contributed by atoms with Crippen LogP contribution in [0.25, 0.3) is 0 Å². The molecule has 2 amide bonds. The fraction of sp³-hybridized carbons (Fsp3) is 0.385. The van der Waals surface area contributed by atoms with Crippen molar-refractivity contribution < 1.29 is 19.4 Å². The monoisotopic (exact) mass is 300 g/mol. The van der Waals surface area contributed by atoms with Crippen LogP contribution >= 0.6 is 11.6 Å². The SMILES string of the molecule is COCCN(C)C(=O)N[C@@H](C(=O)O)c1ccccc1Cl. The average Bonchev–Trinajstić information content (AvgIpc) is 2.42. The van der Waals surface area contributed by atoms with Gasteiger partial charge in [0.2, 0.25) is 0 Å². The Morgan fingerprint density at radius 3 is 2.65 bits per heavy atom. The second kappa shape index (κ2) is 7.72. The van der Waals surface area contributed by atoms with E-state index in [-0.39, 0.29) is 0 Å². The normalized spacial score (nSPS) is 11.8. The molecular weight excluding hydrogens is 284 g/mol. The van der Waals surface area contributed by atoms with Crippen LogP contribution < -0.4 is 5.32 Å². The number of urea groups is 1. The predicted molar refractivity (Wildman–Crippen MR) is 74.9 cm³/mol. The highest BCUT2D eigenvalue weighted by molar-refractivity contribution is 6.31. The summed E-state index contributed by atoms with van der Waals surface area (Å²) in [5.74, 6) is -1.17. The molecule has 0 radical (unpaired) electrons. The van der Waals surface area contributed by atoms with Gasteiger partial charge in [-0.15, -0.1) is 0 Å². The maximum Gasteiger partial charge on any atom is 0.331 e. The number of amides is 2. The van der Waals surface area contributed by atoms with E-state index in [9.17, 15) is 14.7 Å². The molecule has 0 aromatic heterocycles. The molecule has 110 valence electrons. The van der Waals surface area contributed by atoms with Gasteiger partial charge in [0.05, 0.1) is 6.61 Å². The van der Waals surface area contributed by atoms with Crippen molar-refractivity contribution in [1.82, 2.24) is 10.2 Å². The number of nitrogens with one attached hydrogen (secondary N) is 1. The quantitative estimate of drug-likeness (QED) is 0.839. The largest absolute Gasteiger partial charge is 0.479 e. The molecule has 1 aromatic carbocycles. The highest BCUT2D eigenvalue weighted by Gasteiger charge is 2.25. The maximum atomic E-state index is 11.9. The third kappa shape index (κ3) is 4.40. The number of ether oxygens (including phenoxy) is 1. The van der Waals surface area contributed by atoms with Crippen molar-refractivity contribution in [2.75, 3.05) is 27.3 Å². The summed E-state index contributed by atoms with van der Waals surface area (Å²) in [4.78, 5) is 24.6. The zero-order chi connectivity index (χ0) is 15.1. The minimum absolute atomic E-state index is 0.291.